The van der Waals surface area contributed by atoms with Crippen molar-refractivity contribution in [3.63, 3.8) is 0 Å². The molecule has 2 aromatic rings. The van der Waals surface area contributed by atoms with Crippen molar-refractivity contribution in [2.45, 2.75) is 139 Å². The summed E-state index contributed by atoms with van der Waals surface area (Å²) in [5.41, 5.74) is 16.6. The Balaban J connectivity index is 1.71. The van der Waals surface area contributed by atoms with Crippen molar-refractivity contribution >= 4 is 63.3 Å². The molecule has 3 rings (SSSR count). The van der Waals surface area contributed by atoms with E-state index in [2.05, 4.69) is 26.0 Å². The van der Waals surface area contributed by atoms with Crippen LogP contribution in [0, 0.1) is 11.8 Å². The number of nitrogens with one attached hydrogen (secondary N) is 5. The Kier molecular flexibility index (Phi) is 24.0. The fraction of sp³-hybridized carbons (Fsp3) is 0.562. The van der Waals surface area contributed by atoms with Gasteiger partial charge in [-0.15, -0.1) is 0 Å². The number of hydrogen-bond donors (Lipinski definition) is 9. The third-order valence-corrected chi connectivity index (χ3v) is 13.5. The third kappa shape index (κ3) is 19.2. The van der Waals surface area contributed by atoms with Crippen LogP contribution in [0.1, 0.15) is 98.3 Å². The summed E-state index contributed by atoms with van der Waals surface area (Å²) in [5, 5.41) is 19.4. The summed E-state index contributed by atoms with van der Waals surface area (Å²) in [6.07, 6.45) is -0.269. The van der Waals surface area contributed by atoms with E-state index in [0.29, 0.717) is 37.3 Å². The topological polar surface area (TPSA) is 362 Å². The van der Waals surface area contributed by atoms with Crippen LogP contribution in [0.25, 0.3) is 0 Å². The van der Waals surface area contributed by atoms with Crippen molar-refractivity contribution in [2.75, 3.05) is 26.7 Å². The molecule has 23 nitrogen and oxygen atoms in total. The lowest BCUT2D eigenvalue weighted by Crippen LogP contribution is -2.60. The van der Waals surface area contributed by atoms with Crippen LogP contribution in [0.5, 0.6) is 11.5 Å². The highest BCUT2D eigenvalue weighted by molar-refractivity contribution is 7.89. The number of rotatable bonds is 31. The molecule has 24 heteroatoms. The number of nitrogens with two attached hydrogens (primary N) is 3. The number of ether oxygens (including phenoxy) is 1. The molecular formula is C48H72N10O13S. The fourth-order valence-corrected chi connectivity index (χ4v) is 9.22. The Hall–Kier alpha value is -6.66. The van der Waals surface area contributed by atoms with E-state index >= 15 is 0 Å². The standard InChI is InChI=1S/C48H72N10O13S/c1-6-30(4)43(48(68)58-24-12-13-31(58)26-39(50)59)57(5)47(67)38(25-29(2)3)56-44(64)35(16-10-22-49)54-46(66)37(28-42(62)63)55-45(65)36(27-40(51)60)53-41(61)17-11-23-52-72(69,70)34-20-18-33(19-21-34)71-32-14-8-7-9-15-32/h7-9,14-15,18-21,29-31,35-38,43,52H,6,10-13,16-17,22-28,49H2,1-5H3,(H2,50,59)(H2,51,60)(H,53,61)(H,54,66)(H,55,65)(H,56,64)(H,62,63)/t30-,31-,35-,36-,37-,38-,43-/m0/s1. The van der Waals surface area contributed by atoms with Crippen LogP contribution in [0.3, 0.4) is 0 Å². The molecule has 0 spiro atoms. The lowest BCUT2D eigenvalue weighted by Gasteiger charge is -2.38. The number of nitrogens with zero attached hydrogens (tertiary/aromatic N) is 2. The number of amides is 8. The van der Waals surface area contributed by atoms with Crippen molar-refractivity contribution in [1.82, 2.24) is 35.8 Å². The molecule has 0 radical (unpaired) electrons. The highest BCUT2D eigenvalue weighted by atomic mass is 32.2. The van der Waals surface area contributed by atoms with Gasteiger partial charge < -0.3 is 58.1 Å². The maximum absolute atomic E-state index is 14.4. The molecule has 2 aromatic carbocycles. The van der Waals surface area contributed by atoms with Crippen LogP contribution in [0.15, 0.2) is 59.5 Å². The first kappa shape index (κ1) is 59.6. The van der Waals surface area contributed by atoms with Crippen LogP contribution < -0.4 is 47.9 Å². The zero-order valence-electron chi connectivity index (χ0n) is 41.6. The van der Waals surface area contributed by atoms with Gasteiger partial charge in [-0.05, 0) is 93.3 Å². The molecule has 398 valence electrons. The molecule has 7 atom stereocenters. The van der Waals surface area contributed by atoms with Gasteiger partial charge in [0.25, 0.3) is 0 Å². The van der Waals surface area contributed by atoms with Gasteiger partial charge in [-0.2, -0.15) is 0 Å². The molecular weight excluding hydrogens is 957 g/mol. The highest BCUT2D eigenvalue weighted by Gasteiger charge is 2.41. The Morgan fingerprint density at radius 2 is 1.38 bits per heavy atom. The van der Waals surface area contributed by atoms with Gasteiger partial charge in [0.2, 0.25) is 57.3 Å². The zero-order valence-corrected chi connectivity index (χ0v) is 42.4. The number of carbonyl (C=O) groups excluding carboxylic acids is 8. The summed E-state index contributed by atoms with van der Waals surface area (Å²) in [5.74, 6) is -7.59. The first-order chi connectivity index (χ1) is 34.0. The predicted octanol–water partition coefficient (Wildman–Crippen LogP) is 0.351. The van der Waals surface area contributed by atoms with Crippen LogP contribution in [-0.2, 0) is 53.2 Å². The number of likely N-dealkylation sites (N-methyl/N-ethyl adjacent to an activating group) is 1. The molecule has 1 fully saturated rings. The van der Waals surface area contributed by atoms with Crippen molar-refractivity contribution in [3.8, 4) is 11.5 Å². The van der Waals surface area contributed by atoms with Gasteiger partial charge in [0.1, 0.15) is 41.7 Å². The number of primary amides is 2. The first-order valence-corrected chi connectivity index (χ1v) is 25.5. The van der Waals surface area contributed by atoms with E-state index in [4.69, 9.17) is 21.9 Å². The fourth-order valence-electron chi connectivity index (χ4n) is 8.15. The number of likely N-dealkylation sites (tertiary alicyclic amines) is 1. The molecule has 1 aliphatic heterocycles. The summed E-state index contributed by atoms with van der Waals surface area (Å²) in [4.78, 5) is 122. The Bertz CT molecular complexity index is 2300. The minimum atomic E-state index is -4.01. The lowest BCUT2D eigenvalue weighted by molar-refractivity contribution is -0.149. The van der Waals surface area contributed by atoms with Crippen LogP contribution >= 0.6 is 0 Å². The molecule has 0 aromatic heterocycles. The molecule has 1 aliphatic rings. The van der Waals surface area contributed by atoms with Crippen LogP contribution in [0.4, 0.5) is 0 Å². The van der Waals surface area contributed by atoms with Gasteiger partial charge in [-0.1, -0.05) is 52.3 Å². The number of carboxylic acids is 1. The molecule has 0 bridgehead atoms. The Morgan fingerprint density at radius 3 is 1.94 bits per heavy atom. The third-order valence-electron chi connectivity index (χ3n) is 12.0. The molecule has 0 saturated carbocycles. The van der Waals surface area contributed by atoms with E-state index in [9.17, 15) is 56.7 Å². The Morgan fingerprint density at radius 1 is 0.792 bits per heavy atom. The summed E-state index contributed by atoms with van der Waals surface area (Å²) in [7, 11) is -2.54. The largest absolute Gasteiger partial charge is 0.481 e. The Labute approximate surface area is 420 Å². The summed E-state index contributed by atoms with van der Waals surface area (Å²) in [6, 6.07) is 6.94. The van der Waals surface area contributed by atoms with E-state index in [1.54, 1.807) is 29.2 Å². The minimum absolute atomic E-state index is 0.0268. The van der Waals surface area contributed by atoms with Crippen molar-refractivity contribution in [1.29, 1.82) is 0 Å². The molecule has 0 unspecified atom stereocenters. The number of para-hydroxylation sites is 1. The number of benzene rings is 2. The number of aliphatic carboxylic acids is 1. The van der Waals surface area contributed by atoms with Crippen LogP contribution in [-0.4, -0.2) is 139 Å². The lowest BCUT2D eigenvalue weighted by atomic mass is 9.94. The second kappa shape index (κ2) is 29.0. The van der Waals surface area contributed by atoms with Gasteiger partial charge in [-0.25, -0.2) is 13.1 Å². The average Bonchev–Trinajstić information content (AvgIpc) is 3.78. The number of carboxylic acid groups (broad SMARTS) is 1. The highest BCUT2D eigenvalue weighted by Crippen LogP contribution is 2.27. The van der Waals surface area contributed by atoms with E-state index in [1.807, 2.05) is 33.8 Å². The smallest absolute Gasteiger partial charge is 0.305 e. The molecule has 0 aliphatic carbocycles. The van der Waals surface area contributed by atoms with E-state index in [1.165, 1.54) is 36.2 Å². The molecule has 72 heavy (non-hydrogen) atoms. The van der Waals surface area contributed by atoms with E-state index < -0.39 is 106 Å². The normalized spacial score (nSPS) is 16.0. The van der Waals surface area contributed by atoms with E-state index in [-0.39, 0.29) is 74.3 Å². The SMILES string of the molecule is CC[C@H](C)[C@@H](C(=O)N1CCC[C@H]1CC(N)=O)N(C)C(=O)[C@H](CC(C)C)NC(=O)[C@H](CCCN)NC(=O)[C@H](CC(=O)O)NC(=O)[C@H](CC(N)=O)NC(=O)CCCNS(=O)(=O)c1ccc(Oc2ccccc2)cc1. The summed E-state index contributed by atoms with van der Waals surface area (Å²) in [6.45, 7) is 7.56. The van der Waals surface area contributed by atoms with Gasteiger partial charge in [-0.3, -0.25) is 43.2 Å². The zero-order chi connectivity index (χ0) is 53.7. The summed E-state index contributed by atoms with van der Waals surface area (Å²) >= 11 is 0. The monoisotopic (exact) mass is 1030 g/mol. The summed E-state index contributed by atoms with van der Waals surface area (Å²) < 4.78 is 33.9. The molecule has 8 amide bonds. The molecule has 12 N–H and O–H groups in total. The number of hydrogen-bond acceptors (Lipinski definition) is 13. The van der Waals surface area contributed by atoms with E-state index in [0.717, 1.165) is 0 Å². The molecule has 1 heterocycles. The average molecular weight is 1030 g/mol. The van der Waals surface area contributed by atoms with Crippen molar-refractivity contribution < 1.29 is 61.4 Å². The van der Waals surface area contributed by atoms with Gasteiger partial charge in [0, 0.05) is 39.0 Å². The van der Waals surface area contributed by atoms with Gasteiger partial charge in [0.15, 0.2) is 0 Å². The predicted molar refractivity (Wildman–Crippen MR) is 263 cm³/mol. The van der Waals surface area contributed by atoms with Crippen molar-refractivity contribution in [2.24, 2.45) is 29.0 Å². The van der Waals surface area contributed by atoms with Crippen molar-refractivity contribution in [3.05, 3.63) is 54.6 Å². The van der Waals surface area contributed by atoms with Gasteiger partial charge in [0.05, 0.1) is 17.7 Å². The maximum Gasteiger partial charge on any atom is 0.305 e. The quantitative estimate of drug-likeness (QED) is 0.0461. The maximum atomic E-state index is 14.4. The minimum Gasteiger partial charge on any atom is -0.481 e. The number of carbonyl (C=O) groups is 9. The van der Waals surface area contributed by atoms with Gasteiger partial charge >= 0.3 is 5.97 Å². The second-order valence-electron chi connectivity index (χ2n) is 18.3. The second-order valence-corrected chi connectivity index (χ2v) is 20.1. The molecule has 1 saturated heterocycles. The number of sulfonamides is 1. The van der Waals surface area contributed by atoms with Crippen LogP contribution in [0.2, 0.25) is 0 Å². The first-order valence-electron chi connectivity index (χ1n) is 24.1.